The zero-order chi connectivity index (χ0) is 40.7. The molecule has 4 aliphatic carbocycles. The van der Waals surface area contributed by atoms with E-state index in [4.69, 9.17) is 18.3 Å². The van der Waals surface area contributed by atoms with E-state index in [0.717, 1.165) is 22.3 Å². The van der Waals surface area contributed by atoms with Crippen LogP contribution in [0.4, 0.5) is 0 Å². The molecular weight excluding hydrogens is 733 g/mol. The molecule has 7 rings (SSSR count). The van der Waals surface area contributed by atoms with Gasteiger partial charge in [-0.25, -0.2) is 0 Å². The molecule has 0 aromatic heterocycles. The highest BCUT2D eigenvalue weighted by atomic mass is 28.4. The van der Waals surface area contributed by atoms with Gasteiger partial charge >= 0.3 is 5.97 Å². The second-order valence-corrected chi connectivity index (χ2v) is 28.2. The van der Waals surface area contributed by atoms with Crippen molar-refractivity contribution in [3.63, 3.8) is 0 Å². The van der Waals surface area contributed by atoms with E-state index in [1.165, 1.54) is 6.92 Å². The predicted molar refractivity (Wildman–Crippen MR) is 225 cm³/mol. The first kappa shape index (κ1) is 40.7. The molecule has 1 N–H and O–H groups in total. The number of Topliss-reactive ketones (excluding diaryl/α,β-unsaturated/α-hetero) is 1. The quantitative estimate of drug-likeness (QED) is 0.0896. The molecule has 2 saturated carbocycles. The Morgan fingerprint density at radius 3 is 1.71 bits per heavy atom. The Morgan fingerprint density at radius 2 is 1.27 bits per heavy atom. The van der Waals surface area contributed by atoms with Crippen molar-refractivity contribution in [1.29, 1.82) is 0 Å². The Hall–Kier alpha value is -3.45. The van der Waals surface area contributed by atoms with Crippen LogP contribution < -0.4 is 0 Å². The molecule has 7 nitrogen and oxygen atoms in total. The minimum absolute atomic E-state index is 0.105. The van der Waals surface area contributed by atoms with E-state index in [0.29, 0.717) is 12.0 Å². The van der Waals surface area contributed by atoms with Crippen LogP contribution in [0.5, 0.6) is 0 Å². The van der Waals surface area contributed by atoms with Gasteiger partial charge in [0.05, 0.1) is 18.1 Å². The molecule has 0 bridgehead atoms. The van der Waals surface area contributed by atoms with E-state index in [9.17, 15) is 14.7 Å². The Morgan fingerprint density at radius 1 is 0.786 bits per heavy atom. The standard InChI is InChI=1S/C47H60O7Si2/c1-32-27-39-43(41(32)49,53-55(6,7)8)30-35(28-40-45(39,50)33(2)29-44(54-56(9,10)11)42(4,5)47(40,44)52-34(3)48)31-51-46(36-21-15-12-16-22-36,37-23-17-13-18-24-37)38-25-19-14-20-26-38/h12-28,33,39-40,50H,29-31H2,1-11H3/t33-,39-,40-,43-,44?,45+,47?/m1/s1. The van der Waals surface area contributed by atoms with Crippen LogP contribution >= 0.6 is 0 Å². The molecule has 0 aliphatic heterocycles. The number of esters is 1. The number of fused-ring (bicyclic) bond motifs is 5. The first-order chi connectivity index (χ1) is 26.1. The summed E-state index contributed by atoms with van der Waals surface area (Å²) in [5.41, 5.74) is -2.46. The molecular formula is C47H60O7Si2. The number of ketones is 1. The van der Waals surface area contributed by atoms with Crippen LogP contribution in [-0.4, -0.2) is 62.5 Å². The van der Waals surface area contributed by atoms with Gasteiger partial charge in [-0.1, -0.05) is 124 Å². The van der Waals surface area contributed by atoms with E-state index in [1.54, 1.807) is 0 Å². The molecule has 2 fully saturated rings. The minimum atomic E-state index is -2.46. The van der Waals surface area contributed by atoms with E-state index in [2.05, 4.69) is 103 Å². The number of ether oxygens (including phenoxy) is 2. The summed E-state index contributed by atoms with van der Waals surface area (Å²) in [5.74, 6) is -2.35. The Kier molecular flexibility index (Phi) is 9.87. The van der Waals surface area contributed by atoms with Crippen LogP contribution in [0.15, 0.2) is 114 Å². The molecule has 0 heterocycles. The van der Waals surface area contributed by atoms with Crippen molar-refractivity contribution in [3.05, 3.63) is 131 Å². The fourth-order valence-electron chi connectivity index (χ4n) is 11.2. The molecule has 3 aromatic carbocycles. The Bertz CT molecular complexity index is 1950. The first-order valence-corrected chi connectivity index (χ1v) is 27.0. The van der Waals surface area contributed by atoms with Crippen molar-refractivity contribution in [1.82, 2.24) is 0 Å². The van der Waals surface area contributed by atoms with Crippen molar-refractivity contribution in [2.75, 3.05) is 6.61 Å². The summed E-state index contributed by atoms with van der Waals surface area (Å²) in [6, 6.07) is 30.7. The van der Waals surface area contributed by atoms with Gasteiger partial charge in [-0.2, -0.15) is 0 Å². The van der Waals surface area contributed by atoms with Gasteiger partial charge in [0.1, 0.15) is 16.8 Å². The molecule has 9 heteroatoms. The van der Waals surface area contributed by atoms with Gasteiger partial charge in [-0.05, 0) is 86.4 Å². The highest BCUT2D eigenvalue weighted by molar-refractivity contribution is 6.70. The lowest BCUT2D eigenvalue weighted by molar-refractivity contribution is -0.212. The van der Waals surface area contributed by atoms with Crippen molar-refractivity contribution in [3.8, 4) is 0 Å². The number of aliphatic hydroxyl groups is 1. The molecule has 2 unspecified atom stereocenters. The molecule has 0 saturated heterocycles. The van der Waals surface area contributed by atoms with Gasteiger partial charge in [0, 0.05) is 24.7 Å². The average molecular weight is 793 g/mol. The van der Waals surface area contributed by atoms with Gasteiger partial charge in [-0.3, -0.25) is 9.59 Å². The largest absolute Gasteiger partial charge is 0.455 e. The highest BCUT2D eigenvalue weighted by Gasteiger charge is 2.94. The van der Waals surface area contributed by atoms with Crippen LogP contribution in [0.25, 0.3) is 0 Å². The molecule has 0 spiro atoms. The summed E-state index contributed by atoms with van der Waals surface area (Å²) in [6.45, 7) is 22.4. The number of hydrogen-bond donors (Lipinski definition) is 1. The third-order valence-corrected chi connectivity index (χ3v) is 15.1. The molecule has 56 heavy (non-hydrogen) atoms. The SMILES string of the molecule is CC(=O)OC12[C@@H]3C=C(COC(c4ccccc4)(c4ccccc4)c4ccccc4)C[C@]4(O[Si](C)(C)C)C(=O)C(C)=C[C@H]4[C@@]3(O)[C@H](C)CC1(O[Si](C)(C)C)C2(C)C. The molecule has 298 valence electrons. The second-order valence-electron chi connectivity index (χ2n) is 19.3. The lowest BCUT2D eigenvalue weighted by atomic mass is 9.59. The number of hydrogen-bond acceptors (Lipinski definition) is 7. The summed E-state index contributed by atoms with van der Waals surface area (Å²) in [4.78, 5) is 28.3. The third-order valence-electron chi connectivity index (χ3n) is 13.1. The fourth-order valence-corrected chi connectivity index (χ4v) is 14.2. The summed E-state index contributed by atoms with van der Waals surface area (Å²) < 4.78 is 28.6. The minimum Gasteiger partial charge on any atom is -0.455 e. The van der Waals surface area contributed by atoms with Crippen LogP contribution in [0.2, 0.25) is 39.3 Å². The maximum atomic E-state index is 14.9. The first-order valence-electron chi connectivity index (χ1n) is 20.2. The topological polar surface area (TPSA) is 91.3 Å². The Balaban J connectivity index is 1.49. The van der Waals surface area contributed by atoms with Gasteiger partial charge in [-0.15, -0.1) is 0 Å². The van der Waals surface area contributed by atoms with Gasteiger partial charge < -0.3 is 23.4 Å². The van der Waals surface area contributed by atoms with Crippen LogP contribution in [-0.2, 0) is 33.5 Å². The van der Waals surface area contributed by atoms with Crippen molar-refractivity contribution in [2.24, 2.45) is 23.2 Å². The van der Waals surface area contributed by atoms with Crippen LogP contribution in [0.3, 0.4) is 0 Å². The third kappa shape index (κ3) is 5.94. The maximum Gasteiger partial charge on any atom is 0.303 e. The molecule has 0 radical (unpaired) electrons. The summed E-state index contributed by atoms with van der Waals surface area (Å²) in [5, 5.41) is 13.8. The van der Waals surface area contributed by atoms with E-state index in [-0.39, 0.29) is 24.7 Å². The van der Waals surface area contributed by atoms with Crippen molar-refractivity contribution >= 4 is 28.4 Å². The van der Waals surface area contributed by atoms with Crippen LogP contribution in [0.1, 0.15) is 64.2 Å². The number of carbonyl (C=O) groups excluding carboxylic acids is 2. The zero-order valence-electron chi connectivity index (χ0n) is 35.1. The van der Waals surface area contributed by atoms with E-state index >= 15 is 0 Å². The summed E-state index contributed by atoms with van der Waals surface area (Å²) in [6.07, 6.45) is 4.73. The second kappa shape index (κ2) is 13.6. The molecule has 3 aromatic rings. The van der Waals surface area contributed by atoms with Crippen LogP contribution in [0, 0.1) is 23.2 Å². The number of carbonyl (C=O) groups is 2. The monoisotopic (exact) mass is 792 g/mol. The van der Waals surface area contributed by atoms with Crippen molar-refractivity contribution < 1.29 is 33.0 Å². The zero-order valence-corrected chi connectivity index (χ0v) is 37.1. The van der Waals surface area contributed by atoms with Gasteiger partial charge in [0.25, 0.3) is 0 Å². The maximum absolute atomic E-state index is 14.9. The lowest BCUT2D eigenvalue weighted by Gasteiger charge is -2.55. The van der Waals surface area contributed by atoms with E-state index < -0.39 is 67.9 Å². The average Bonchev–Trinajstić information content (AvgIpc) is 3.42. The highest BCUT2D eigenvalue weighted by Crippen LogP contribution is 2.81. The molecule has 7 atom stereocenters. The smallest absolute Gasteiger partial charge is 0.303 e. The number of benzene rings is 3. The van der Waals surface area contributed by atoms with Gasteiger partial charge in [0.15, 0.2) is 28.0 Å². The van der Waals surface area contributed by atoms with Crippen molar-refractivity contribution in [2.45, 2.75) is 115 Å². The molecule has 4 aliphatic rings. The van der Waals surface area contributed by atoms with Gasteiger partial charge in [0.2, 0.25) is 0 Å². The lowest BCUT2D eigenvalue weighted by Crippen LogP contribution is -2.67. The predicted octanol–water partition coefficient (Wildman–Crippen LogP) is 9.38. The fraction of sp³-hybridized carbons (Fsp3) is 0.489. The Labute approximate surface area is 335 Å². The number of rotatable bonds is 11. The summed E-state index contributed by atoms with van der Waals surface area (Å²) >= 11 is 0. The normalized spacial score (nSPS) is 32.3. The summed E-state index contributed by atoms with van der Waals surface area (Å²) in [7, 11) is -4.71. The van der Waals surface area contributed by atoms with E-state index in [1.807, 2.05) is 67.6 Å². The molecule has 0 amide bonds.